The van der Waals surface area contributed by atoms with Crippen LogP contribution in [0, 0.1) is 17.1 Å². The average Bonchev–Trinajstić information content (AvgIpc) is 2.82. The van der Waals surface area contributed by atoms with Gasteiger partial charge in [0.25, 0.3) is 5.56 Å². The molecule has 1 aliphatic rings. The maximum Gasteiger partial charge on any atom is 0.271 e. The number of sulfonamides is 1. The molecule has 9 heteroatoms. The predicted octanol–water partition coefficient (Wildman–Crippen LogP) is 3.09. The van der Waals surface area contributed by atoms with Gasteiger partial charge in [-0.05, 0) is 36.6 Å². The Morgan fingerprint density at radius 1 is 1.15 bits per heavy atom. The number of pyridine rings is 1. The highest BCUT2D eigenvalue weighted by Gasteiger charge is 2.27. The molecule has 0 bridgehead atoms. The maximum absolute atomic E-state index is 13.4. The number of aromatic nitrogens is 1. The van der Waals surface area contributed by atoms with E-state index < -0.39 is 15.6 Å². The van der Waals surface area contributed by atoms with Crippen LogP contribution >= 0.6 is 0 Å². The third-order valence-corrected chi connectivity index (χ3v) is 6.97. The zero-order chi connectivity index (χ0) is 23.6. The SMILES string of the molecule is C=CS(=O)(=O)NC1CCN(c2c(C#N)c(=O)n(Cc3ccc(F)cc3)c3ccccc23)CC1. The van der Waals surface area contributed by atoms with Crippen LogP contribution < -0.4 is 15.2 Å². The first-order valence-corrected chi connectivity index (χ1v) is 12.1. The van der Waals surface area contributed by atoms with E-state index in [9.17, 15) is 22.9 Å². The van der Waals surface area contributed by atoms with Gasteiger partial charge in [0.15, 0.2) is 0 Å². The Labute approximate surface area is 191 Å². The van der Waals surface area contributed by atoms with Gasteiger partial charge in [-0.25, -0.2) is 17.5 Å². The molecule has 0 radical (unpaired) electrons. The lowest BCUT2D eigenvalue weighted by Crippen LogP contribution is -2.45. The minimum Gasteiger partial charge on any atom is -0.370 e. The molecule has 1 N–H and O–H groups in total. The first-order valence-electron chi connectivity index (χ1n) is 10.5. The molecule has 1 fully saturated rings. The fraction of sp³-hybridized carbons (Fsp3) is 0.250. The maximum atomic E-state index is 13.4. The summed E-state index contributed by atoms with van der Waals surface area (Å²) in [5.41, 5.74) is 1.62. The van der Waals surface area contributed by atoms with Gasteiger partial charge in [0.2, 0.25) is 10.0 Å². The van der Waals surface area contributed by atoms with Gasteiger partial charge in [0.1, 0.15) is 17.4 Å². The van der Waals surface area contributed by atoms with Crippen molar-refractivity contribution in [2.75, 3.05) is 18.0 Å². The zero-order valence-corrected chi connectivity index (χ0v) is 18.7. The molecule has 4 rings (SSSR count). The third kappa shape index (κ3) is 4.67. The second-order valence-electron chi connectivity index (χ2n) is 7.96. The molecule has 1 saturated heterocycles. The number of halogens is 1. The summed E-state index contributed by atoms with van der Waals surface area (Å²) in [5.74, 6) is -0.359. The number of rotatable bonds is 6. The van der Waals surface area contributed by atoms with Crippen molar-refractivity contribution < 1.29 is 12.8 Å². The molecule has 1 aromatic heterocycles. The highest BCUT2D eigenvalue weighted by molar-refractivity contribution is 7.92. The number of nitrogens with one attached hydrogen (secondary N) is 1. The molecule has 0 unspecified atom stereocenters. The van der Waals surface area contributed by atoms with Crippen LogP contribution in [0.4, 0.5) is 10.1 Å². The lowest BCUT2D eigenvalue weighted by atomic mass is 10.0. The molecule has 0 saturated carbocycles. The number of nitrogens with zero attached hydrogens (tertiary/aromatic N) is 3. The fourth-order valence-electron chi connectivity index (χ4n) is 4.25. The molecule has 1 aliphatic heterocycles. The summed E-state index contributed by atoms with van der Waals surface area (Å²) in [6, 6.07) is 15.1. The number of piperidine rings is 1. The van der Waals surface area contributed by atoms with E-state index in [2.05, 4.69) is 17.4 Å². The van der Waals surface area contributed by atoms with E-state index in [0.29, 0.717) is 37.1 Å². The van der Waals surface area contributed by atoms with Crippen LogP contribution in [-0.2, 0) is 16.6 Å². The summed E-state index contributed by atoms with van der Waals surface area (Å²) in [4.78, 5) is 15.4. The van der Waals surface area contributed by atoms with Gasteiger partial charge in [-0.3, -0.25) is 4.79 Å². The molecular weight excluding hydrogens is 443 g/mol. The van der Waals surface area contributed by atoms with E-state index in [4.69, 9.17) is 0 Å². The summed E-state index contributed by atoms with van der Waals surface area (Å²) in [6.07, 6.45) is 1.07. The van der Waals surface area contributed by atoms with E-state index in [1.54, 1.807) is 12.1 Å². The van der Waals surface area contributed by atoms with Crippen molar-refractivity contribution in [3.8, 4) is 6.07 Å². The summed E-state index contributed by atoms with van der Waals surface area (Å²) < 4.78 is 41.0. The first-order chi connectivity index (χ1) is 15.8. The van der Waals surface area contributed by atoms with E-state index in [-0.39, 0.29) is 24.0 Å². The monoisotopic (exact) mass is 466 g/mol. The Hall–Kier alpha value is -3.48. The first kappa shape index (κ1) is 22.7. The van der Waals surface area contributed by atoms with E-state index >= 15 is 0 Å². The van der Waals surface area contributed by atoms with Crippen molar-refractivity contribution in [1.82, 2.24) is 9.29 Å². The summed E-state index contributed by atoms with van der Waals surface area (Å²) in [7, 11) is -3.53. The zero-order valence-electron chi connectivity index (χ0n) is 17.9. The van der Waals surface area contributed by atoms with Gasteiger partial charge < -0.3 is 9.47 Å². The topological polar surface area (TPSA) is 95.2 Å². The van der Waals surface area contributed by atoms with Crippen molar-refractivity contribution in [2.24, 2.45) is 0 Å². The van der Waals surface area contributed by atoms with Crippen LogP contribution in [0.15, 0.2) is 65.3 Å². The van der Waals surface area contributed by atoms with Gasteiger partial charge in [0.05, 0.1) is 17.7 Å². The lowest BCUT2D eigenvalue weighted by Gasteiger charge is -2.35. The standard InChI is InChI=1S/C24H23FN4O3S/c1-2-33(31,32)27-19-11-13-28(14-12-19)23-20-5-3-4-6-22(20)29(24(30)21(23)15-26)16-17-7-9-18(25)10-8-17/h2-10,19,27H,1,11-14,16H2. The second kappa shape index (κ2) is 9.17. The van der Waals surface area contributed by atoms with Crippen molar-refractivity contribution in [3.05, 3.63) is 87.8 Å². The van der Waals surface area contributed by atoms with Crippen LogP contribution in [-0.4, -0.2) is 32.1 Å². The van der Waals surface area contributed by atoms with Crippen molar-refractivity contribution in [1.29, 1.82) is 5.26 Å². The molecule has 7 nitrogen and oxygen atoms in total. The normalized spacial score (nSPS) is 14.8. The van der Waals surface area contributed by atoms with Crippen LogP contribution in [0.25, 0.3) is 10.9 Å². The van der Waals surface area contributed by atoms with Crippen molar-refractivity contribution in [2.45, 2.75) is 25.4 Å². The predicted molar refractivity (Wildman–Crippen MR) is 126 cm³/mol. The minimum absolute atomic E-state index is 0.0425. The Bertz CT molecular complexity index is 1400. The quantitative estimate of drug-likeness (QED) is 0.602. The Balaban J connectivity index is 1.73. The molecular formula is C24H23FN4O3S. The van der Waals surface area contributed by atoms with E-state index in [1.165, 1.54) is 16.7 Å². The van der Waals surface area contributed by atoms with Gasteiger partial charge in [-0.1, -0.05) is 36.9 Å². The Morgan fingerprint density at radius 3 is 2.45 bits per heavy atom. The number of para-hydroxylation sites is 1. The molecule has 0 atom stereocenters. The summed E-state index contributed by atoms with van der Waals surface area (Å²) >= 11 is 0. The summed E-state index contributed by atoms with van der Waals surface area (Å²) in [5, 5.41) is 11.6. The van der Waals surface area contributed by atoms with Gasteiger partial charge >= 0.3 is 0 Å². The highest BCUT2D eigenvalue weighted by Crippen LogP contribution is 2.31. The lowest BCUT2D eigenvalue weighted by molar-refractivity contribution is 0.463. The highest BCUT2D eigenvalue weighted by atomic mass is 32.2. The van der Waals surface area contributed by atoms with E-state index in [1.807, 2.05) is 29.2 Å². The van der Waals surface area contributed by atoms with Gasteiger partial charge in [-0.15, -0.1) is 0 Å². The molecule has 0 aliphatic carbocycles. The van der Waals surface area contributed by atoms with Crippen molar-refractivity contribution in [3.63, 3.8) is 0 Å². The van der Waals surface area contributed by atoms with Gasteiger partial charge in [-0.2, -0.15) is 5.26 Å². The minimum atomic E-state index is -3.53. The molecule has 0 amide bonds. The van der Waals surface area contributed by atoms with Crippen LogP contribution in [0.2, 0.25) is 0 Å². The number of fused-ring (bicyclic) bond motifs is 1. The van der Waals surface area contributed by atoms with Crippen LogP contribution in [0.5, 0.6) is 0 Å². The third-order valence-electron chi connectivity index (χ3n) is 5.87. The number of benzene rings is 2. The number of hydrogen-bond donors (Lipinski definition) is 1. The molecule has 2 heterocycles. The average molecular weight is 467 g/mol. The number of nitriles is 1. The molecule has 0 spiro atoms. The Kier molecular flexibility index (Phi) is 6.31. The number of anilines is 1. The summed E-state index contributed by atoms with van der Waals surface area (Å²) in [6.45, 7) is 4.51. The molecule has 33 heavy (non-hydrogen) atoms. The fourth-order valence-corrected chi connectivity index (χ4v) is 5.05. The molecule has 170 valence electrons. The van der Waals surface area contributed by atoms with Crippen LogP contribution in [0.3, 0.4) is 0 Å². The molecule has 3 aromatic rings. The van der Waals surface area contributed by atoms with Gasteiger partial charge in [0, 0.05) is 29.9 Å². The van der Waals surface area contributed by atoms with E-state index in [0.717, 1.165) is 16.4 Å². The second-order valence-corrected chi connectivity index (χ2v) is 9.62. The smallest absolute Gasteiger partial charge is 0.271 e. The Morgan fingerprint density at radius 2 is 1.82 bits per heavy atom. The number of hydrogen-bond acceptors (Lipinski definition) is 5. The van der Waals surface area contributed by atoms with Crippen LogP contribution in [0.1, 0.15) is 24.0 Å². The van der Waals surface area contributed by atoms with Crippen molar-refractivity contribution >= 4 is 26.6 Å². The molecule has 2 aromatic carbocycles. The largest absolute Gasteiger partial charge is 0.370 e.